The monoisotopic (exact) mass is 225 g/mol. The van der Waals surface area contributed by atoms with Crippen molar-refractivity contribution >= 4 is 17.7 Å². The number of carboxylic acid groups (broad SMARTS) is 1. The molecule has 0 aliphatic carbocycles. The van der Waals surface area contributed by atoms with Gasteiger partial charge in [-0.05, 0) is 38.0 Å². The second-order valence-electron chi connectivity index (χ2n) is 3.47. The van der Waals surface area contributed by atoms with Crippen LogP contribution in [0, 0.1) is 13.8 Å². The van der Waals surface area contributed by atoms with Crippen LogP contribution in [0.1, 0.15) is 24.1 Å². The molecule has 82 valence electrons. The van der Waals surface area contributed by atoms with E-state index in [2.05, 4.69) is 4.98 Å². The SMILES string of the molecule is Cc1cc(C)nc(SCCCC(=O)O)c1. The molecule has 1 aromatic rings. The molecule has 0 aliphatic rings. The minimum atomic E-state index is -0.732. The molecule has 1 N–H and O–H groups in total. The van der Waals surface area contributed by atoms with E-state index in [-0.39, 0.29) is 6.42 Å². The van der Waals surface area contributed by atoms with Crippen LogP contribution < -0.4 is 0 Å². The maximum atomic E-state index is 10.3. The van der Waals surface area contributed by atoms with Gasteiger partial charge in [-0.2, -0.15) is 0 Å². The highest BCUT2D eigenvalue weighted by Crippen LogP contribution is 2.18. The summed E-state index contributed by atoms with van der Waals surface area (Å²) in [6.45, 7) is 4.00. The van der Waals surface area contributed by atoms with Gasteiger partial charge in [0.1, 0.15) is 0 Å². The average molecular weight is 225 g/mol. The normalized spacial score (nSPS) is 10.3. The zero-order valence-electron chi connectivity index (χ0n) is 8.99. The predicted octanol–water partition coefficient (Wildman–Crippen LogP) is 2.66. The molecule has 0 unspecified atom stereocenters. The molecule has 0 atom stereocenters. The zero-order chi connectivity index (χ0) is 11.3. The molecule has 3 nitrogen and oxygen atoms in total. The summed E-state index contributed by atoms with van der Waals surface area (Å²) in [7, 11) is 0. The van der Waals surface area contributed by atoms with Crippen molar-refractivity contribution in [2.45, 2.75) is 31.7 Å². The van der Waals surface area contributed by atoms with Crippen molar-refractivity contribution in [3.8, 4) is 0 Å². The molecule has 0 aromatic carbocycles. The average Bonchev–Trinajstić information content (AvgIpc) is 2.10. The van der Waals surface area contributed by atoms with Crippen LogP contribution >= 0.6 is 11.8 Å². The highest BCUT2D eigenvalue weighted by molar-refractivity contribution is 7.99. The van der Waals surface area contributed by atoms with E-state index in [4.69, 9.17) is 5.11 Å². The lowest BCUT2D eigenvalue weighted by atomic mass is 10.3. The first kappa shape index (κ1) is 12.0. The van der Waals surface area contributed by atoms with Crippen LogP contribution in [0.25, 0.3) is 0 Å². The third kappa shape index (κ3) is 4.83. The lowest BCUT2D eigenvalue weighted by Gasteiger charge is -2.02. The summed E-state index contributed by atoms with van der Waals surface area (Å²) in [4.78, 5) is 14.7. The van der Waals surface area contributed by atoms with Gasteiger partial charge in [-0.3, -0.25) is 4.79 Å². The second kappa shape index (κ2) is 5.75. The Balaban J connectivity index is 2.40. The Morgan fingerprint density at radius 1 is 1.47 bits per heavy atom. The van der Waals surface area contributed by atoms with Crippen LogP contribution in [-0.4, -0.2) is 21.8 Å². The molecule has 0 spiro atoms. The van der Waals surface area contributed by atoms with Crippen LogP contribution in [-0.2, 0) is 4.79 Å². The molecule has 0 fully saturated rings. The lowest BCUT2D eigenvalue weighted by Crippen LogP contribution is -1.95. The number of aliphatic carboxylic acids is 1. The molecule has 4 heteroatoms. The fourth-order valence-electron chi connectivity index (χ4n) is 1.28. The number of carboxylic acids is 1. The van der Waals surface area contributed by atoms with Crippen LogP contribution in [0.15, 0.2) is 17.2 Å². The van der Waals surface area contributed by atoms with Crippen molar-refractivity contribution in [1.29, 1.82) is 0 Å². The van der Waals surface area contributed by atoms with E-state index in [9.17, 15) is 4.79 Å². The van der Waals surface area contributed by atoms with Gasteiger partial charge >= 0.3 is 5.97 Å². The Morgan fingerprint density at radius 3 is 2.80 bits per heavy atom. The van der Waals surface area contributed by atoms with Crippen LogP contribution in [0.5, 0.6) is 0 Å². The van der Waals surface area contributed by atoms with Crippen molar-refractivity contribution in [1.82, 2.24) is 4.98 Å². The van der Waals surface area contributed by atoms with E-state index >= 15 is 0 Å². The molecule has 0 amide bonds. The first-order valence-electron chi connectivity index (χ1n) is 4.88. The maximum Gasteiger partial charge on any atom is 0.303 e. The zero-order valence-corrected chi connectivity index (χ0v) is 9.80. The smallest absolute Gasteiger partial charge is 0.303 e. The van der Waals surface area contributed by atoms with Crippen molar-refractivity contribution in [2.75, 3.05) is 5.75 Å². The van der Waals surface area contributed by atoms with E-state index in [0.717, 1.165) is 16.5 Å². The molecular formula is C11H15NO2S. The number of pyridine rings is 1. The standard InChI is InChI=1S/C11H15NO2S/c1-8-6-9(2)12-10(7-8)15-5-3-4-11(13)14/h6-7H,3-5H2,1-2H3,(H,13,14). The Morgan fingerprint density at radius 2 is 2.20 bits per heavy atom. The lowest BCUT2D eigenvalue weighted by molar-refractivity contribution is -0.137. The number of carbonyl (C=O) groups is 1. The Kier molecular flexibility index (Phi) is 4.62. The van der Waals surface area contributed by atoms with Gasteiger partial charge in [0.2, 0.25) is 0 Å². The highest BCUT2D eigenvalue weighted by atomic mass is 32.2. The van der Waals surface area contributed by atoms with Gasteiger partial charge in [0.25, 0.3) is 0 Å². The van der Waals surface area contributed by atoms with Gasteiger partial charge < -0.3 is 5.11 Å². The van der Waals surface area contributed by atoms with Gasteiger partial charge in [-0.25, -0.2) is 4.98 Å². The molecular weight excluding hydrogens is 210 g/mol. The largest absolute Gasteiger partial charge is 0.481 e. The molecule has 0 aliphatic heterocycles. The van der Waals surface area contributed by atoms with Crippen LogP contribution in [0.4, 0.5) is 0 Å². The summed E-state index contributed by atoms with van der Waals surface area (Å²) in [5.41, 5.74) is 2.21. The summed E-state index contributed by atoms with van der Waals surface area (Å²) in [6, 6.07) is 4.06. The molecule has 0 saturated carbocycles. The van der Waals surface area contributed by atoms with E-state index < -0.39 is 5.97 Å². The van der Waals surface area contributed by atoms with E-state index in [1.54, 1.807) is 11.8 Å². The van der Waals surface area contributed by atoms with Gasteiger partial charge in [0.15, 0.2) is 0 Å². The molecule has 1 aromatic heterocycles. The van der Waals surface area contributed by atoms with E-state index in [1.165, 1.54) is 5.56 Å². The third-order valence-corrected chi connectivity index (χ3v) is 2.86. The predicted molar refractivity (Wildman–Crippen MR) is 61.3 cm³/mol. The van der Waals surface area contributed by atoms with Gasteiger partial charge in [-0.1, -0.05) is 0 Å². The summed E-state index contributed by atoms with van der Waals surface area (Å²) < 4.78 is 0. The van der Waals surface area contributed by atoms with E-state index in [1.807, 2.05) is 26.0 Å². The fourth-order valence-corrected chi connectivity index (χ4v) is 2.25. The molecule has 0 saturated heterocycles. The number of rotatable bonds is 5. The molecule has 0 radical (unpaired) electrons. The van der Waals surface area contributed by atoms with Gasteiger partial charge in [0, 0.05) is 17.9 Å². The minimum absolute atomic E-state index is 0.234. The topological polar surface area (TPSA) is 50.2 Å². The van der Waals surface area contributed by atoms with Crippen molar-refractivity contribution in [2.24, 2.45) is 0 Å². The van der Waals surface area contributed by atoms with Crippen molar-refractivity contribution in [3.63, 3.8) is 0 Å². The Hall–Kier alpha value is -1.03. The van der Waals surface area contributed by atoms with E-state index in [0.29, 0.717) is 6.42 Å². The van der Waals surface area contributed by atoms with Crippen molar-refractivity contribution < 1.29 is 9.90 Å². The number of hydrogen-bond donors (Lipinski definition) is 1. The van der Waals surface area contributed by atoms with Crippen molar-refractivity contribution in [3.05, 3.63) is 23.4 Å². The maximum absolute atomic E-state index is 10.3. The molecule has 1 rings (SSSR count). The number of aryl methyl sites for hydroxylation is 2. The summed E-state index contributed by atoms with van der Waals surface area (Å²) >= 11 is 1.62. The summed E-state index contributed by atoms with van der Waals surface area (Å²) in [5.74, 6) is 0.0753. The molecule has 0 bridgehead atoms. The van der Waals surface area contributed by atoms with Gasteiger partial charge in [-0.15, -0.1) is 11.8 Å². The Labute approximate surface area is 93.9 Å². The quantitative estimate of drug-likeness (QED) is 0.618. The molecule has 15 heavy (non-hydrogen) atoms. The third-order valence-electron chi connectivity index (χ3n) is 1.86. The highest BCUT2D eigenvalue weighted by Gasteiger charge is 2.00. The number of hydrogen-bond acceptors (Lipinski definition) is 3. The Bertz CT molecular complexity index is 332. The minimum Gasteiger partial charge on any atom is -0.481 e. The summed E-state index contributed by atoms with van der Waals surface area (Å²) in [6.07, 6.45) is 0.923. The second-order valence-corrected chi connectivity index (χ2v) is 4.59. The number of thioether (sulfide) groups is 1. The van der Waals surface area contributed by atoms with Crippen LogP contribution in [0.2, 0.25) is 0 Å². The first-order valence-corrected chi connectivity index (χ1v) is 5.86. The fraction of sp³-hybridized carbons (Fsp3) is 0.455. The molecule has 1 heterocycles. The first-order chi connectivity index (χ1) is 7.08. The number of nitrogens with zero attached hydrogens (tertiary/aromatic N) is 1. The summed E-state index contributed by atoms with van der Waals surface area (Å²) in [5, 5.41) is 9.46. The van der Waals surface area contributed by atoms with Gasteiger partial charge in [0.05, 0.1) is 5.03 Å². The van der Waals surface area contributed by atoms with Crippen LogP contribution in [0.3, 0.4) is 0 Å². The number of aromatic nitrogens is 1.